The van der Waals surface area contributed by atoms with Crippen LogP contribution in [0.4, 0.5) is 0 Å². The number of nitrogens with zero attached hydrogens (tertiary/aromatic N) is 2. The third-order valence-electron chi connectivity index (χ3n) is 3.34. The molecular weight excluding hydrogens is 296 g/mol. The topological polar surface area (TPSA) is 56.7 Å². The highest BCUT2D eigenvalue weighted by atomic mass is 32.2. The monoisotopic (exact) mass is 330 g/mol. The number of hydrogen-bond donors (Lipinski definition) is 2. The Morgan fingerprint density at radius 1 is 1.27 bits per heavy atom. The van der Waals surface area contributed by atoms with Crippen LogP contribution in [0.1, 0.15) is 46.0 Å². The second-order valence-corrected chi connectivity index (χ2v) is 6.75. The van der Waals surface area contributed by atoms with Gasteiger partial charge in [-0.05, 0) is 19.6 Å². The summed E-state index contributed by atoms with van der Waals surface area (Å²) in [6, 6.07) is 0.367. The Labute approximate surface area is 140 Å². The van der Waals surface area contributed by atoms with Crippen LogP contribution in [-0.2, 0) is 4.79 Å². The Hall–Kier alpha value is -0.910. The van der Waals surface area contributed by atoms with Gasteiger partial charge in [0, 0.05) is 32.4 Å². The summed E-state index contributed by atoms with van der Waals surface area (Å²) in [6.45, 7) is 5.44. The zero-order valence-electron chi connectivity index (χ0n) is 14.9. The minimum Gasteiger partial charge on any atom is -0.356 e. The molecule has 0 aromatic heterocycles. The number of carbonyl (C=O) groups excluding carboxylic acids is 1. The molecule has 6 heteroatoms. The van der Waals surface area contributed by atoms with Crippen molar-refractivity contribution in [1.29, 1.82) is 0 Å². The number of guanidine groups is 1. The molecule has 5 nitrogen and oxygen atoms in total. The number of aliphatic imine (C=N–C) groups is 1. The standard InChI is InChI=1S/C16H34N4OS/c1-6-7-8-9-10-14(2)19-16(17-11-12-22-5)18-13-15(21)20(3)4/h14H,6-13H2,1-5H3,(H2,17,18,19). The van der Waals surface area contributed by atoms with Gasteiger partial charge in [-0.2, -0.15) is 11.8 Å². The van der Waals surface area contributed by atoms with E-state index >= 15 is 0 Å². The van der Waals surface area contributed by atoms with Gasteiger partial charge in [-0.3, -0.25) is 4.79 Å². The summed E-state index contributed by atoms with van der Waals surface area (Å²) in [5.41, 5.74) is 0. The molecule has 0 spiro atoms. The summed E-state index contributed by atoms with van der Waals surface area (Å²) in [4.78, 5) is 17.6. The third kappa shape index (κ3) is 11.7. The number of likely N-dealkylation sites (N-methyl/N-ethyl adjacent to an activating group) is 1. The summed E-state index contributed by atoms with van der Waals surface area (Å²) in [5, 5.41) is 6.70. The van der Waals surface area contributed by atoms with Crippen molar-refractivity contribution < 1.29 is 4.79 Å². The number of thioether (sulfide) groups is 1. The van der Waals surface area contributed by atoms with E-state index < -0.39 is 0 Å². The van der Waals surface area contributed by atoms with E-state index in [1.807, 2.05) is 0 Å². The molecule has 130 valence electrons. The molecule has 1 atom stereocenters. The zero-order chi connectivity index (χ0) is 16.8. The largest absolute Gasteiger partial charge is 0.356 e. The lowest BCUT2D eigenvalue weighted by Gasteiger charge is -2.18. The molecule has 0 saturated carbocycles. The van der Waals surface area contributed by atoms with Gasteiger partial charge in [0.05, 0.1) is 0 Å². The van der Waals surface area contributed by atoms with Crippen LogP contribution in [0.2, 0.25) is 0 Å². The molecule has 0 saturated heterocycles. The maximum atomic E-state index is 11.7. The van der Waals surface area contributed by atoms with Gasteiger partial charge in [-0.15, -0.1) is 0 Å². The average Bonchev–Trinajstić information content (AvgIpc) is 2.48. The van der Waals surface area contributed by atoms with E-state index in [0.717, 1.165) is 24.7 Å². The highest BCUT2D eigenvalue weighted by molar-refractivity contribution is 7.98. The van der Waals surface area contributed by atoms with E-state index in [9.17, 15) is 4.79 Å². The van der Waals surface area contributed by atoms with Crippen LogP contribution in [0, 0.1) is 0 Å². The van der Waals surface area contributed by atoms with Crippen LogP contribution in [0.5, 0.6) is 0 Å². The third-order valence-corrected chi connectivity index (χ3v) is 3.96. The Bertz CT molecular complexity index is 321. The maximum Gasteiger partial charge on any atom is 0.243 e. The van der Waals surface area contributed by atoms with E-state index in [1.165, 1.54) is 25.7 Å². The molecule has 0 rings (SSSR count). The highest BCUT2D eigenvalue weighted by Gasteiger charge is 2.07. The number of hydrogen-bond acceptors (Lipinski definition) is 3. The number of amides is 1. The van der Waals surface area contributed by atoms with E-state index in [2.05, 4.69) is 35.7 Å². The van der Waals surface area contributed by atoms with E-state index in [-0.39, 0.29) is 12.5 Å². The molecular formula is C16H34N4OS. The first-order chi connectivity index (χ1) is 10.5. The predicted molar refractivity (Wildman–Crippen MR) is 98.7 cm³/mol. The predicted octanol–water partition coefficient (Wildman–Crippen LogP) is 2.33. The lowest BCUT2D eigenvalue weighted by Crippen LogP contribution is -2.43. The van der Waals surface area contributed by atoms with Gasteiger partial charge in [0.1, 0.15) is 6.54 Å². The van der Waals surface area contributed by atoms with Gasteiger partial charge in [-0.1, -0.05) is 32.6 Å². The first-order valence-corrected chi connectivity index (χ1v) is 9.64. The van der Waals surface area contributed by atoms with E-state index in [4.69, 9.17) is 0 Å². The molecule has 0 aromatic rings. The Morgan fingerprint density at radius 2 is 2.00 bits per heavy atom. The highest BCUT2D eigenvalue weighted by Crippen LogP contribution is 2.05. The molecule has 0 heterocycles. The Kier molecular flexibility index (Phi) is 13.2. The molecule has 0 aliphatic carbocycles. The lowest BCUT2D eigenvalue weighted by molar-refractivity contribution is -0.127. The minimum atomic E-state index is 0.0153. The van der Waals surface area contributed by atoms with Gasteiger partial charge in [0.15, 0.2) is 5.96 Å². The quantitative estimate of drug-likeness (QED) is 0.347. The number of nitrogens with one attached hydrogen (secondary N) is 2. The molecule has 1 amide bonds. The first kappa shape index (κ1) is 21.1. The van der Waals surface area contributed by atoms with Crippen LogP contribution in [0.25, 0.3) is 0 Å². The Balaban J connectivity index is 4.31. The molecule has 0 aliphatic heterocycles. The summed E-state index contributed by atoms with van der Waals surface area (Å²) in [6.07, 6.45) is 8.29. The number of carbonyl (C=O) groups is 1. The first-order valence-electron chi connectivity index (χ1n) is 8.25. The zero-order valence-corrected chi connectivity index (χ0v) is 15.8. The molecule has 0 aromatic carbocycles. The van der Waals surface area contributed by atoms with Gasteiger partial charge in [0.2, 0.25) is 5.91 Å². The summed E-state index contributed by atoms with van der Waals surface area (Å²) < 4.78 is 0. The molecule has 0 fully saturated rings. The SMILES string of the molecule is CCCCCCC(C)NC(=NCC(=O)N(C)C)NCCSC. The van der Waals surface area contributed by atoms with Crippen LogP contribution >= 0.6 is 11.8 Å². The molecule has 0 radical (unpaired) electrons. The van der Waals surface area contributed by atoms with Crippen molar-refractivity contribution in [3.05, 3.63) is 0 Å². The summed E-state index contributed by atoms with van der Waals surface area (Å²) in [5.74, 6) is 1.78. The molecule has 0 bridgehead atoms. The van der Waals surface area contributed by atoms with Crippen molar-refractivity contribution in [3.63, 3.8) is 0 Å². The average molecular weight is 331 g/mol. The van der Waals surface area contributed by atoms with Crippen molar-refractivity contribution in [2.45, 2.75) is 52.0 Å². The van der Waals surface area contributed by atoms with Crippen molar-refractivity contribution in [1.82, 2.24) is 15.5 Å². The van der Waals surface area contributed by atoms with Crippen LogP contribution in [0.15, 0.2) is 4.99 Å². The van der Waals surface area contributed by atoms with Crippen molar-refractivity contribution in [3.8, 4) is 0 Å². The van der Waals surface area contributed by atoms with Gasteiger partial charge in [-0.25, -0.2) is 4.99 Å². The van der Waals surface area contributed by atoms with Crippen LogP contribution in [-0.4, -0.2) is 62.0 Å². The van der Waals surface area contributed by atoms with Crippen LogP contribution in [0.3, 0.4) is 0 Å². The van der Waals surface area contributed by atoms with Crippen molar-refractivity contribution in [2.24, 2.45) is 4.99 Å². The Morgan fingerprint density at radius 3 is 2.59 bits per heavy atom. The van der Waals surface area contributed by atoms with E-state index in [1.54, 1.807) is 30.8 Å². The minimum absolute atomic E-state index is 0.0153. The van der Waals surface area contributed by atoms with Crippen LogP contribution < -0.4 is 10.6 Å². The lowest BCUT2D eigenvalue weighted by atomic mass is 10.1. The fraction of sp³-hybridized carbons (Fsp3) is 0.875. The molecule has 1 unspecified atom stereocenters. The molecule has 22 heavy (non-hydrogen) atoms. The summed E-state index contributed by atoms with van der Waals surface area (Å²) >= 11 is 1.79. The number of unbranched alkanes of at least 4 members (excludes halogenated alkanes) is 3. The molecule has 2 N–H and O–H groups in total. The molecule has 0 aliphatic rings. The van der Waals surface area contributed by atoms with Gasteiger partial charge in [0.25, 0.3) is 0 Å². The fourth-order valence-corrected chi connectivity index (χ4v) is 2.20. The van der Waals surface area contributed by atoms with E-state index in [0.29, 0.717) is 6.04 Å². The second kappa shape index (κ2) is 13.7. The smallest absolute Gasteiger partial charge is 0.243 e. The second-order valence-electron chi connectivity index (χ2n) is 5.77. The van der Waals surface area contributed by atoms with Gasteiger partial charge >= 0.3 is 0 Å². The summed E-state index contributed by atoms with van der Waals surface area (Å²) in [7, 11) is 3.50. The van der Waals surface area contributed by atoms with Crippen molar-refractivity contribution >= 4 is 23.6 Å². The van der Waals surface area contributed by atoms with Gasteiger partial charge < -0.3 is 15.5 Å². The number of rotatable bonds is 11. The maximum absolute atomic E-state index is 11.7. The fourth-order valence-electron chi connectivity index (χ4n) is 1.90. The normalized spacial score (nSPS) is 12.9. The van der Waals surface area contributed by atoms with Crippen molar-refractivity contribution in [2.75, 3.05) is 39.2 Å².